The topological polar surface area (TPSA) is 69.4 Å². The molecule has 0 fully saturated rings. The van der Waals surface area contributed by atoms with Gasteiger partial charge in [-0.05, 0) is 18.1 Å². The molecule has 0 unspecified atom stereocenters. The molecule has 0 heterocycles. The Bertz CT molecular complexity index is 465. The van der Waals surface area contributed by atoms with Crippen LogP contribution in [-0.4, -0.2) is 18.0 Å². The van der Waals surface area contributed by atoms with Crippen LogP contribution in [0.4, 0.5) is 5.69 Å². The van der Waals surface area contributed by atoms with Crippen molar-refractivity contribution in [2.24, 2.45) is 0 Å². The predicted molar refractivity (Wildman–Crippen MR) is 63.4 cm³/mol. The van der Waals surface area contributed by atoms with Gasteiger partial charge in [-0.1, -0.05) is 19.1 Å². The number of benzene rings is 1. The molecule has 1 rings (SSSR count). The van der Waals surface area contributed by atoms with E-state index in [-0.39, 0.29) is 5.69 Å². The summed E-state index contributed by atoms with van der Waals surface area (Å²) in [7, 11) is 1.30. The maximum Gasteiger partial charge on any atom is 0.333 e. The number of nitro benzene ring substituents is 1. The highest BCUT2D eigenvalue weighted by molar-refractivity contribution is 5.93. The number of methoxy groups -OCH3 is 1. The third-order valence-electron chi connectivity index (χ3n) is 2.25. The highest BCUT2D eigenvalue weighted by atomic mass is 16.6. The fourth-order valence-corrected chi connectivity index (χ4v) is 1.37. The maximum atomic E-state index is 11.3. The summed E-state index contributed by atoms with van der Waals surface area (Å²) in [6, 6.07) is 6.10. The lowest BCUT2D eigenvalue weighted by atomic mass is 10.1. The van der Waals surface area contributed by atoms with Crippen molar-refractivity contribution in [3.8, 4) is 0 Å². The quantitative estimate of drug-likeness (QED) is 0.348. The number of esters is 1. The van der Waals surface area contributed by atoms with Crippen LogP contribution in [-0.2, 0) is 9.53 Å². The van der Waals surface area contributed by atoms with Gasteiger partial charge in [-0.2, -0.15) is 0 Å². The van der Waals surface area contributed by atoms with Crippen molar-refractivity contribution in [1.82, 2.24) is 0 Å². The van der Waals surface area contributed by atoms with Crippen LogP contribution in [0.1, 0.15) is 18.9 Å². The largest absolute Gasteiger partial charge is 0.466 e. The van der Waals surface area contributed by atoms with Crippen LogP contribution in [0.3, 0.4) is 0 Å². The second kappa shape index (κ2) is 5.79. The van der Waals surface area contributed by atoms with E-state index in [0.29, 0.717) is 17.6 Å². The molecule has 0 spiro atoms. The van der Waals surface area contributed by atoms with E-state index >= 15 is 0 Å². The molecular weight excluding hydrogens is 222 g/mol. The van der Waals surface area contributed by atoms with Crippen molar-refractivity contribution in [2.75, 3.05) is 7.11 Å². The number of carbonyl (C=O) groups is 1. The molecule has 0 atom stereocenters. The van der Waals surface area contributed by atoms with E-state index < -0.39 is 10.9 Å². The maximum absolute atomic E-state index is 11.3. The van der Waals surface area contributed by atoms with Gasteiger partial charge in [-0.3, -0.25) is 10.1 Å². The molecule has 17 heavy (non-hydrogen) atoms. The Kier molecular flexibility index (Phi) is 4.39. The number of nitro groups is 1. The molecule has 1 aromatic rings. The van der Waals surface area contributed by atoms with Gasteiger partial charge >= 0.3 is 5.97 Å². The van der Waals surface area contributed by atoms with Gasteiger partial charge in [0, 0.05) is 17.7 Å². The van der Waals surface area contributed by atoms with Crippen molar-refractivity contribution in [2.45, 2.75) is 13.3 Å². The van der Waals surface area contributed by atoms with E-state index in [0.717, 1.165) is 0 Å². The van der Waals surface area contributed by atoms with E-state index in [2.05, 4.69) is 4.74 Å². The molecule has 5 heteroatoms. The summed E-state index contributed by atoms with van der Waals surface area (Å²) >= 11 is 0. The molecule has 0 N–H and O–H groups in total. The number of hydrogen-bond donors (Lipinski definition) is 0. The van der Waals surface area contributed by atoms with Crippen molar-refractivity contribution in [1.29, 1.82) is 0 Å². The Morgan fingerprint density at radius 3 is 2.76 bits per heavy atom. The third kappa shape index (κ3) is 3.41. The molecule has 90 valence electrons. The van der Waals surface area contributed by atoms with Gasteiger partial charge in [-0.25, -0.2) is 4.79 Å². The predicted octanol–water partition coefficient (Wildman–Crippen LogP) is 2.56. The van der Waals surface area contributed by atoms with E-state index in [4.69, 9.17) is 0 Å². The Balaban J connectivity index is 3.07. The number of hydrogen-bond acceptors (Lipinski definition) is 4. The van der Waals surface area contributed by atoms with E-state index in [1.807, 2.05) is 6.92 Å². The average molecular weight is 235 g/mol. The zero-order valence-electron chi connectivity index (χ0n) is 9.67. The molecule has 0 saturated heterocycles. The molecule has 0 aliphatic heterocycles. The summed E-state index contributed by atoms with van der Waals surface area (Å²) < 4.78 is 4.61. The fraction of sp³-hybridized carbons (Fsp3) is 0.250. The lowest BCUT2D eigenvalue weighted by Crippen LogP contribution is -2.03. The SMILES string of the molecule is CC/C(=C\c1cccc([N+](=O)[O-])c1)C(=O)OC. The molecular formula is C12H13NO4. The first-order valence-corrected chi connectivity index (χ1v) is 5.11. The smallest absolute Gasteiger partial charge is 0.333 e. The number of rotatable bonds is 4. The molecule has 0 bridgehead atoms. The monoisotopic (exact) mass is 235 g/mol. The highest BCUT2D eigenvalue weighted by Gasteiger charge is 2.09. The van der Waals surface area contributed by atoms with Crippen LogP contribution >= 0.6 is 0 Å². The number of non-ortho nitro benzene ring substituents is 1. The summed E-state index contributed by atoms with van der Waals surface area (Å²) in [5.74, 6) is -0.418. The summed E-state index contributed by atoms with van der Waals surface area (Å²) in [6.45, 7) is 1.82. The van der Waals surface area contributed by atoms with E-state index in [1.54, 1.807) is 18.2 Å². The van der Waals surface area contributed by atoms with Gasteiger partial charge < -0.3 is 4.74 Å². The van der Waals surface area contributed by atoms with Crippen LogP contribution in [0.2, 0.25) is 0 Å². The normalized spacial score (nSPS) is 11.1. The second-order valence-electron chi connectivity index (χ2n) is 3.37. The van der Waals surface area contributed by atoms with Crippen molar-refractivity contribution in [3.05, 3.63) is 45.5 Å². The molecule has 0 saturated carbocycles. The first-order valence-electron chi connectivity index (χ1n) is 5.11. The average Bonchev–Trinajstić information content (AvgIpc) is 2.35. The third-order valence-corrected chi connectivity index (χ3v) is 2.25. The van der Waals surface area contributed by atoms with Crippen LogP contribution in [0.25, 0.3) is 6.08 Å². The van der Waals surface area contributed by atoms with Crippen molar-refractivity contribution in [3.63, 3.8) is 0 Å². The van der Waals surface area contributed by atoms with Gasteiger partial charge in [0.1, 0.15) is 0 Å². The molecule has 0 aliphatic rings. The molecule has 0 amide bonds. The summed E-state index contributed by atoms with van der Waals surface area (Å²) in [5, 5.41) is 10.6. The van der Waals surface area contributed by atoms with Gasteiger partial charge in [0.15, 0.2) is 0 Å². The Morgan fingerprint density at radius 1 is 1.53 bits per heavy atom. The molecule has 0 radical (unpaired) electrons. The first kappa shape index (κ1) is 12.9. The molecule has 1 aromatic carbocycles. The van der Waals surface area contributed by atoms with Crippen LogP contribution < -0.4 is 0 Å². The van der Waals surface area contributed by atoms with Gasteiger partial charge in [-0.15, -0.1) is 0 Å². The number of ether oxygens (including phenoxy) is 1. The van der Waals surface area contributed by atoms with Crippen molar-refractivity contribution < 1.29 is 14.5 Å². The zero-order chi connectivity index (χ0) is 12.8. The zero-order valence-corrected chi connectivity index (χ0v) is 9.67. The van der Waals surface area contributed by atoms with Gasteiger partial charge in [0.25, 0.3) is 5.69 Å². The van der Waals surface area contributed by atoms with Gasteiger partial charge in [0.05, 0.1) is 12.0 Å². The molecule has 5 nitrogen and oxygen atoms in total. The van der Waals surface area contributed by atoms with Gasteiger partial charge in [0.2, 0.25) is 0 Å². The lowest BCUT2D eigenvalue weighted by molar-refractivity contribution is -0.384. The minimum Gasteiger partial charge on any atom is -0.466 e. The minimum absolute atomic E-state index is 0.000862. The number of carbonyl (C=O) groups excluding carboxylic acids is 1. The molecule has 0 aliphatic carbocycles. The lowest BCUT2D eigenvalue weighted by Gasteiger charge is -2.02. The Hall–Kier alpha value is -2.17. The standard InChI is InChI=1S/C12H13NO4/c1-3-10(12(14)17-2)7-9-5-4-6-11(8-9)13(15)16/h4-8H,3H2,1-2H3/b10-7+. The Labute approximate surface area is 98.9 Å². The van der Waals surface area contributed by atoms with Crippen LogP contribution in [0.5, 0.6) is 0 Å². The minimum atomic E-state index is -0.471. The highest BCUT2D eigenvalue weighted by Crippen LogP contribution is 2.17. The second-order valence-corrected chi connectivity index (χ2v) is 3.37. The van der Waals surface area contributed by atoms with Crippen LogP contribution in [0, 0.1) is 10.1 Å². The fourth-order valence-electron chi connectivity index (χ4n) is 1.37. The first-order chi connectivity index (χ1) is 8.08. The van der Waals surface area contributed by atoms with E-state index in [9.17, 15) is 14.9 Å². The van der Waals surface area contributed by atoms with Crippen molar-refractivity contribution >= 4 is 17.7 Å². The number of nitrogens with zero attached hydrogens (tertiary/aromatic N) is 1. The van der Waals surface area contributed by atoms with Crippen LogP contribution in [0.15, 0.2) is 29.8 Å². The summed E-state index contributed by atoms with van der Waals surface area (Å²) in [4.78, 5) is 21.5. The summed E-state index contributed by atoms with van der Waals surface area (Å²) in [5.41, 5.74) is 1.09. The van der Waals surface area contributed by atoms with E-state index in [1.165, 1.54) is 19.2 Å². The summed E-state index contributed by atoms with van der Waals surface area (Å²) in [6.07, 6.45) is 2.11. The molecule has 0 aromatic heterocycles. The Morgan fingerprint density at radius 2 is 2.24 bits per heavy atom.